The molecule has 0 aliphatic heterocycles. The van der Waals surface area contributed by atoms with Crippen molar-refractivity contribution in [2.75, 3.05) is 0 Å². The van der Waals surface area contributed by atoms with Gasteiger partial charge in [0, 0.05) is 17.2 Å². The Balaban J connectivity index is 2.44. The Morgan fingerprint density at radius 3 is 2.25 bits per heavy atom. The Morgan fingerprint density at radius 2 is 1.62 bits per heavy atom. The summed E-state index contributed by atoms with van der Waals surface area (Å²) in [4.78, 5) is 12.4. The van der Waals surface area contributed by atoms with Gasteiger partial charge in [-0.1, -0.05) is 6.92 Å². The first-order chi connectivity index (χ1) is 11.3. The molecular formula is C17H14O7. The minimum absolute atomic E-state index is 0.0552. The molecule has 124 valence electrons. The zero-order valence-corrected chi connectivity index (χ0v) is 12.6. The van der Waals surface area contributed by atoms with Crippen LogP contribution in [-0.4, -0.2) is 25.5 Å². The highest BCUT2D eigenvalue weighted by Gasteiger charge is 2.22. The normalized spacial score (nSPS) is 11.0. The molecule has 24 heavy (non-hydrogen) atoms. The Hall–Kier alpha value is -3.35. The summed E-state index contributed by atoms with van der Waals surface area (Å²) in [5.41, 5.74) is -0.484. The van der Waals surface area contributed by atoms with Crippen LogP contribution in [0.4, 0.5) is 0 Å². The minimum atomic E-state index is -0.869. The van der Waals surface area contributed by atoms with E-state index in [1.165, 1.54) is 12.1 Å². The van der Waals surface area contributed by atoms with Gasteiger partial charge in [0.05, 0.1) is 0 Å². The number of aromatic hydroxyl groups is 5. The quantitative estimate of drug-likeness (QED) is 0.456. The molecule has 2 aromatic carbocycles. The molecule has 0 saturated heterocycles. The number of hydrogen-bond donors (Lipinski definition) is 5. The van der Waals surface area contributed by atoms with E-state index in [1.807, 2.05) is 0 Å². The van der Waals surface area contributed by atoms with Crippen LogP contribution in [0.3, 0.4) is 0 Å². The Morgan fingerprint density at radius 1 is 0.917 bits per heavy atom. The van der Waals surface area contributed by atoms with Crippen LogP contribution in [0.25, 0.3) is 22.3 Å². The predicted molar refractivity (Wildman–Crippen MR) is 85.6 cm³/mol. The highest BCUT2D eigenvalue weighted by Crippen LogP contribution is 2.39. The minimum Gasteiger partial charge on any atom is -0.507 e. The molecule has 1 aromatic heterocycles. The van der Waals surface area contributed by atoms with E-state index in [4.69, 9.17) is 4.42 Å². The van der Waals surface area contributed by atoms with Gasteiger partial charge >= 0.3 is 0 Å². The Kier molecular flexibility index (Phi) is 3.48. The van der Waals surface area contributed by atoms with Crippen LogP contribution in [0.5, 0.6) is 28.7 Å². The Labute approximate surface area is 135 Å². The highest BCUT2D eigenvalue weighted by molar-refractivity contribution is 5.91. The number of aryl methyl sites for hydroxylation is 1. The fraction of sp³-hybridized carbons (Fsp3) is 0.118. The summed E-state index contributed by atoms with van der Waals surface area (Å²) >= 11 is 0. The van der Waals surface area contributed by atoms with E-state index in [1.54, 1.807) is 6.92 Å². The number of phenols is 4. The first-order valence-corrected chi connectivity index (χ1v) is 7.11. The largest absolute Gasteiger partial charge is 0.507 e. The second-order valence-corrected chi connectivity index (χ2v) is 5.26. The average molecular weight is 330 g/mol. The molecule has 0 saturated carbocycles. The van der Waals surface area contributed by atoms with Crippen molar-refractivity contribution in [1.82, 2.24) is 0 Å². The van der Waals surface area contributed by atoms with Crippen molar-refractivity contribution < 1.29 is 29.9 Å². The molecule has 0 fully saturated rings. The SMILES string of the molecule is CCc1c(O)cc(O)c2c(=O)c(O)c(-c3ccc(O)c(O)c3)oc12. The molecule has 0 aliphatic rings. The molecule has 0 atom stereocenters. The summed E-state index contributed by atoms with van der Waals surface area (Å²) in [5.74, 6) is -2.58. The lowest BCUT2D eigenvalue weighted by Crippen LogP contribution is -2.04. The third kappa shape index (κ3) is 2.18. The topological polar surface area (TPSA) is 131 Å². The van der Waals surface area contributed by atoms with Gasteiger partial charge < -0.3 is 29.9 Å². The summed E-state index contributed by atoms with van der Waals surface area (Å²) in [6.45, 7) is 1.73. The number of rotatable bonds is 2. The van der Waals surface area contributed by atoms with Gasteiger partial charge in [0.15, 0.2) is 17.3 Å². The number of benzene rings is 2. The lowest BCUT2D eigenvalue weighted by molar-refractivity contribution is 0.403. The second kappa shape index (κ2) is 5.38. The molecular weight excluding hydrogens is 316 g/mol. The zero-order chi connectivity index (χ0) is 17.6. The van der Waals surface area contributed by atoms with E-state index in [-0.39, 0.29) is 33.8 Å². The van der Waals surface area contributed by atoms with Gasteiger partial charge in [-0.15, -0.1) is 0 Å². The average Bonchev–Trinajstić information content (AvgIpc) is 2.53. The molecule has 0 bridgehead atoms. The molecule has 0 unspecified atom stereocenters. The predicted octanol–water partition coefficient (Wildman–Crippen LogP) is 2.55. The molecule has 7 heteroatoms. The number of fused-ring (bicyclic) bond motifs is 1. The lowest BCUT2D eigenvalue weighted by atomic mass is 10.0. The van der Waals surface area contributed by atoms with E-state index < -0.39 is 22.7 Å². The fourth-order valence-electron chi connectivity index (χ4n) is 2.58. The van der Waals surface area contributed by atoms with Crippen LogP contribution >= 0.6 is 0 Å². The molecule has 0 spiro atoms. The van der Waals surface area contributed by atoms with E-state index in [9.17, 15) is 30.3 Å². The maximum absolute atomic E-state index is 12.4. The van der Waals surface area contributed by atoms with Crippen LogP contribution in [0.2, 0.25) is 0 Å². The molecule has 3 aromatic rings. The van der Waals surface area contributed by atoms with Crippen LogP contribution in [0.15, 0.2) is 33.5 Å². The van der Waals surface area contributed by atoms with E-state index in [0.717, 1.165) is 12.1 Å². The van der Waals surface area contributed by atoms with Crippen molar-refractivity contribution in [1.29, 1.82) is 0 Å². The molecule has 3 rings (SSSR count). The van der Waals surface area contributed by atoms with E-state index in [0.29, 0.717) is 12.0 Å². The zero-order valence-electron chi connectivity index (χ0n) is 12.6. The van der Waals surface area contributed by atoms with Gasteiger partial charge in [-0.2, -0.15) is 0 Å². The lowest BCUT2D eigenvalue weighted by Gasteiger charge is -2.11. The van der Waals surface area contributed by atoms with Gasteiger partial charge in [0.25, 0.3) is 0 Å². The summed E-state index contributed by atoms with van der Waals surface area (Å²) < 4.78 is 5.58. The van der Waals surface area contributed by atoms with Gasteiger partial charge in [-0.3, -0.25) is 4.79 Å². The van der Waals surface area contributed by atoms with Crippen LogP contribution in [0, 0.1) is 0 Å². The number of phenolic OH excluding ortho intramolecular Hbond substituents is 4. The smallest absolute Gasteiger partial charge is 0.238 e. The van der Waals surface area contributed by atoms with E-state index >= 15 is 0 Å². The molecule has 0 amide bonds. The third-order valence-corrected chi connectivity index (χ3v) is 3.79. The third-order valence-electron chi connectivity index (χ3n) is 3.79. The van der Waals surface area contributed by atoms with E-state index in [2.05, 4.69) is 0 Å². The first-order valence-electron chi connectivity index (χ1n) is 7.11. The summed E-state index contributed by atoms with van der Waals surface area (Å²) in [6, 6.07) is 4.65. The summed E-state index contributed by atoms with van der Waals surface area (Å²) in [6.07, 6.45) is 0.316. The second-order valence-electron chi connectivity index (χ2n) is 5.26. The van der Waals surface area contributed by atoms with Gasteiger partial charge in [-0.05, 0) is 24.6 Å². The maximum Gasteiger partial charge on any atom is 0.238 e. The van der Waals surface area contributed by atoms with Gasteiger partial charge in [-0.25, -0.2) is 0 Å². The summed E-state index contributed by atoms with van der Waals surface area (Å²) in [5, 5.41) is 48.7. The van der Waals surface area contributed by atoms with Crippen molar-refractivity contribution in [3.8, 4) is 40.1 Å². The maximum atomic E-state index is 12.4. The van der Waals surface area contributed by atoms with Crippen molar-refractivity contribution >= 4 is 11.0 Å². The highest BCUT2D eigenvalue weighted by atomic mass is 16.4. The first kappa shape index (κ1) is 15.5. The Bertz CT molecular complexity index is 1020. The van der Waals surface area contributed by atoms with Crippen molar-refractivity contribution in [2.24, 2.45) is 0 Å². The summed E-state index contributed by atoms with van der Waals surface area (Å²) in [7, 11) is 0. The van der Waals surface area contributed by atoms with Crippen molar-refractivity contribution in [3.63, 3.8) is 0 Å². The molecule has 1 heterocycles. The van der Waals surface area contributed by atoms with Crippen LogP contribution in [-0.2, 0) is 6.42 Å². The van der Waals surface area contributed by atoms with Crippen LogP contribution in [0.1, 0.15) is 12.5 Å². The standard InChI is InChI=1S/C17H14O7/c1-2-8-10(19)6-12(21)13-14(22)15(23)16(24-17(8)13)7-3-4-9(18)11(20)5-7/h3-6,18-21,23H,2H2,1H3. The molecule has 5 N–H and O–H groups in total. The van der Waals surface area contributed by atoms with Crippen LogP contribution < -0.4 is 5.43 Å². The molecule has 0 radical (unpaired) electrons. The monoisotopic (exact) mass is 330 g/mol. The van der Waals surface area contributed by atoms with Gasteiger partial charge in [0.1, 0.15) is 22.5 Å². The molecule has 7 nitrogen and oxygen atoms in total. The molecule has 0 aliphatic carbocycles. The van der Waals surface area contributed by atoms with Crippen molar-refractivity contribution in [3.05, 3.63) is 40.1 Å². The number of hydrogen-bond acceptors (Lipinski definition) is 7. The van der Waals surface area contributed by atoms with Gasteiger partial charge in [0.2, 0.25) is 11.2 Å². The fourth-order valence-corrected chi connectivity index (χ4v) is 2.58. The van der Waals surface area contributed by atoms with Crippen molar-refractivity contribution in [2.45, 2.75) is 13.3 Å².